The summed E-state index contributed by atoms with van der Waals surface area (Å²) in [4.78, 5) is 16.2. The molecule has 2 N–H and O–H groups in total. The van der Waals surface area contributed by atoms with Crippen molar-refractivity contribution in [2.75, 3.05) is 0 Å². The van der Waals surface area contributed by atoms with Crippen LogP contribution in [0.3, 0.4) is 0 Å². The topological polar surface area (TPSA) is 57.4 Å². The van der Waals surface area contributed by atoms with Gasteiger partial charge in [0, 0.05) is 33.2 Å². The number of nitrogens with one attached hydrogen (secondary N) is 2. The Kier molecular flexibility index (Phi) is 3.93. The van der Waals surface area contributed by atoms with Crippen molar-refractivity contribution in [1.29, 1.82) is 0 Å². The quantitative estimate of drug-likeness (QED) is 0.342. The number of aromatic amines is 2. The van der Waals surface area contributed by atoms with Crippen molar-refractivity contribution in [2.45, 2.75) is 0 Å². The molecule has 0 spiro atoms. The second-order valence-electron chi connectivity index (χ2n) is 7.57. The minimum Gasteiger partial charge on any atom is -0.355 e. The number of nitrogens with zero attached hydrogens (tertiary/aromatic N) is 2. The lowest BCUT2D eigenvalue weighted by molar-refractivity contribution is 0.624. The first-order valence-electron chi connectivity index (χ1n) is 10.0. The van der Waals surface area contributed by atoms with Gasteiger partial charge in [-0.05, 0) is 72.8 Å². The molecule has 5 heterocycles. The zero-order valence-electron chi connectivity index (χ0n) is 16.4. The first kappa shape index (κ1) is 17.6. The molecule has 0 atom stereocenters. The summed E-state index contributed by atoms with van der Waals surface area (Å²) in [6, 6.07) is 22.8. The maximum absolute atomic E-state index is 14.6. The van der Waals surface area contributed by atoms with Gasteiger partial charge < -0.3 is 9.97 Å². The van der Waals surface area contributed by atoms with E-state index in [0.717, 1.165) is 44.7 Å². The Morgan fingerprint density at radius 1 is 0.613 bits per heavy atom. The molecule has 0 fully saturated rings. The number of benzene rings is 1. The van der Waals surface area contributed by atoms with Crippen molar-refractivity contribution < 1.29 is 4.39 Å². The molecule has 5 heteroatoms. The second kappa shape index (κ2) is 6.92. The molecule has 8 bridgehead atoms. The Hall–Kier alpha value is -4.25. The van der Waals surface area contributed by atoms with Crippen LogP contribution in [-0.2, 0) is 0 Å². The number of fused-ring (bicyclic) bond motifs is 8. The van der Waals surface area contributed by atoms with E-state index in [1.165, 1.54) is 6.07 Å². The Labute approximate surface area is 177 Å². The van der Waals surface area contributed by atoms with Crippen LogP contribution in [0.2, 0.25) is 0 Å². The van der Waals surface area contributed by atoms with E-state index >= 15 is 0 Å². The molecule has 0 amide bonds. The van der Waals surface area contributed by atoms with Gasteiger partial charge in [0.25, 0.3) is 0 Å². The largest absolute Gasteiger partial charge is 0.355 e. The van der Waals surface area contributed by atoms with Gasteiger partial charge in [-0.2, -0.15) is 0 Å². The lowest BCUT2D eigenvalue weighted by Gasteiger charge is -2.03. The van der Waals surface area contributed by atoms with Crippen molar-refractivity contribution in [3.05, 3.63) is 107 Å². The predicted molar refractivity (Wildman–Crippen MR) is 123 cm³/mol. The maximum Gasteiger partial charge on any atom is 0.131 e. The van der Waals surface area contributed by atoms with Gasteiger partial charge in [-0.25, -0.2) is 14.4 Å². The molecule has 4 nitrogen and oxygen atoms in total. The van der Waals surface area contributed by atoms with Gasteiger partial charge >= 0.3 is 0 Å². The molecular weight excluding hydrogens is 387 g/mol. The van der Waals surface area contributed by atoms with E-state index in [1.54, 1.807) is 12.1 Å². The molecule has 0 saturated carbocycles. The number of halogens is 1. The molecule has 0 radical (unpaired) electrons. The molecule has 31 heavy (non-hydrogen) atoms. The average Bonchev–Trinajstić information content (AvgIpc) is 3.53. The number of hydrogen-bond donors (Lipinski definition) is 2. The summed E-state index contributed by atoms with van der Waals surface area (Å²) in [6.45, 7) is 0. The lowest BCUT2D eigenvalue weighted by atomic mass is 10.0. The Balaban J connectivity index is 1.66. The third-order valence-corrected chi connectivity index (χ3v) is 5.33. The Morgan fingerprint density at radius 2 is 1.23 bits per heavy atom. The van der Waals surface area contributed by atoms with Gasteiger partial charge in [-0.3, -0.25) is 0 Å². The first-order valence-corrected chi connectivity index (χ1v) is 10.0. The standard InChI is InChI=1S/C26H17FN4/c27-25-4-2-1-3-23(25)24-14-22-13-20-8-7-18(29-20)11-16-5-6-17(28-16)12-19-9-10-21(30-19)15-26(24)31-22/h1-15,28-29H. The van der Waals surface area contributed by atoms with Crippen LogP contribution in [0.5, 0.6) is 0 Å². The van der Waals surface area contributed by atoms with Crippen LogP contribution in [0.25, 0.3) is 45.9 Å². The van der Waals surface area contributed by atoms with Crippen LogP contribution >= 0.6 is 0 Å². The Bertz CT molecular complexity index is 1550. The van der Waals surface area contributed by atoms with Gasteiger partial charge in [0.2, 0.25) is 0 Å². The highest BCUT2D eigenvalue weighted by molar-refractivity contribution is 5.93. The second-order valence-corrected chi connectivity index (χ2v) is 7.57. The van der Waals surface area contributed by atoms with E-state index in [9.17, 15) is 4.39 Å². The van der Waals surface area contributed by atoms with Gasteiger partial charge in [0.1, 0.15) is 5.82 Å². The van der Waals surface area contributed by atoms with Crippen LogP contribution in [0.15, 0.2) is 72.8 Å². The molecule has 4 aromatic rings. The SMILES string of the molecule is Fc1ccccc1C1=Cc2cc3ccc(cc4ccc(cc5nc(cc1n2)C=C5)[nH]4)[nH]3. The minimum atomic E-state index is -0.273. The van der Waals surface area contributed by atoms with Crippen molar-refractivity contribution in [3.8, 4) is 0 Å². The zero-order chi connectivity index (χ0) is 20.8. The molecule has 0 aliphatic carbocycles. The summed E-state index contributed by atoms with van der Waals surface area (Å²) < 4.78 is 14.6. The van der Waals surface area contributed by atoms with Gasteiger partial charge in [-0.1, -0.05) is 18.2 Å². The molecule has 2 aliphatic heterocycles. The Morgan fingerprint density at radius 3 is 1.94 bits per heavy atom. The van der Waals surface area contributed by atoms with Crippen molar-refractivity contribution >= 4 is 45.9 Å². The smallest absolute Gasteiger partial charge is 0.131 e. The van der Waals surface area contributed by atoms with E-state index in [0.29, 0.717) is 11.3 Å². The van der Waals surface area contributed by atoms with E-state index in [4.69, 9.17) is 4.98 Å². The first-order chi connectivity index (χ1) is 15.2. The lowest BCUT2D eigenvalue weighted by Crippen LogP contribution is -1.90. The normalized spacial score (nSPS) is 12.7. The van der Waals surface area contributed by atoms with E-state index in [-0.39, 0.29) is 5.82 Å². The highest BCUT2D eigenvalue weighted by Crippen LogP contribution is 2.30. The fourth-order valence-electron chi connectivity index (χ4n) is 3.91. The van der Waals surface area contributed by atoms with Crippen LogP contribution in [-0.4, -0.2) is 19.9 Å². The summed E-state index contributed by atoms with van der Waals surface area (Å²) in [7, 11) is 0. The number of H-pyrrole nitrogens is 2. The minimum absolute atomic E-state index is 0.273. The number of hydrogen-bond acceptors (Lipinski definition) is 2. The summed E-state index contributed by atoms with van der Waals surface area (Å²) in [5, 5.41) is 0. The van der Waals surface area contributed by atoms with Gasteiger partial charge in [0.05, 0.1) is 22.8 Å². The number of aromatic nitrogens is 4. The summed E-state index contributed by atoms with van der Waals surface area (Å²) >= 11 is 0. The molecular formula is C26H17FN4. The van der Waals surface area contributed by atoms with Crippen LogP contribution in [0.1, 0.15) is 28.3 Å². The van der Waals surface area contributed by atoms with Crippen LogP contribution in [0.4, 0.5) is 4.39 Å². The van der Waals surface area contributed by atoms with Crippen molar-refractivity contribution in [3.63, 3.8) is 0 Å². The van der Waals surface area contributed by atoms with E-state index in [1.807, 2.05) is 72.8 Å². The molecule has 0 unspecified atom stereocenters. The van der Waals surface area contributed by atoms with Crippen molar-refractivity contribution in [1.82, 2.24) is 19.9 Å². The summed E-state index contributed by atoms with van der Waals surface area (Å²) in [6.07, 6.45) is 5.82. The number of rotatable bonds is 1. The average molecular weight is 404 g/mol. The van der Waals surface area contributed by atoms with Gasteiger partial charge in [-0.15, -0.1) is 0 Å². The molecule has 1 aromatic carbocycles. The third-order valence-electron chi connectivity index (χ3n) is 5.33. The van der Waals surface area contributed by atoms with Crippen LogP contribution < -0.4 is 0 Å². The maximum atomic E-state index is 14.6. The summed E-state index contributed by atoms with van der Waals surface area (Å²) in [5.41, 5.74) is 8.22. The highest BCUT2D eigenvalue weighted by Gasteiger charge is 2.16. The summed E-state index contributed by atoms with van der Waals surface area (Å²) in [5.74, 6) is -0.273. The molecule has 2 aliphatic rings. The molecule has 6 rings (SSSR count). The molecule has 0 saturated heterocycles. The monoisotopic (exact) mass is 404 g/mol. The predicted octanol–water partition coefficient (Wildman–Crippen LogP) is 6.21. The van der Waals surface area contributed by atoms with Crippen LogP contribution in [0, 0.1) is 5.82 Å². The van der Waals surface area contributed by atoms with Gasteiger partial charge in [0.15, 0.2) is 0 Å². The fraction of sp³-hybridized carbons (Fsp3) is 0. The molecule has 148 valence electrons. The van der Waals surface area contributed by atoms with Crippen molar-refractivity contribution in [2.24, 2.45) is 0 Å². The molecule has 3 aromatic heterocycles. The fourth-order valence-corrected chi connectivity index (χ4v) is 3.91. The zero-order valence-corrected chi connectivity index (χ0v) is 16.4. The van der Waals surface area contributed by atoms with E-state index in [2.05, 4.69) is 15.0 Å². The highest BCUT2D eigenvalue weighted by atomic mass is 19.1. The van der Waals surface area contributed by atoms with E-state index < -0.39 is 0 Å². The third kappa shape index (κ3) is 3.36.